The van der Waals surface area contributed by atoms with Gasteiger partial charge in [-0.25, -0.2) is 4.98 Å². The SMILES string of the molecule is Clc1ccc(Oc2ccc(Nc3ccc4ccccc4n3)cc2)cc1. The predicted octanol–water partition coefficient (Wildman–Crippen LogP) is 6.42. The minimum atomic E-state index is 0.690. The van der Waals surface area contributed by atoms with Gasteiger partial charge < -0.3 is 10.1 Å². The zero-order chi connectivity index (χ0) is 17.1. The van der Waals surface area contributed by atoms with Crippen LogP contribution in [0.5, 0.6) is 11.5 Å². The van der Waals surface area contributed by atoms with Crippen molar-refractivity contribution in [2.45, 2.75) is 0 Å². The topological polar surface area (TPSA) is 34.1 Å². The summed E-state index contributed by atoms with van der Waals surface area (Å²) in [7, 11) is 0. The van der Waals surface area contributed by atoms with Crippen LogP contribution in [-0.2, 0) is 0 Å². The lowest BCUT2D eigenvalue weighted by molar-refractivity contribution is 0.483. The molecule has 0 atom stereocenters. The second-order valence-electron chi connectivity index (χ2n) is 5.59. The van der Waals surface area contributed by atoms with Crippen LogP contribution in [0.3, 0.4) is 0 Å². The summed E-state index contributed by atoms with van der Waals surface area (Å²) in [6.45, 7) is 0. The molecule has 4 heteroatoms. The maximum Gasteiger partial charge on any atom is 0.131 e. The number of anilines is 2. The summed E-state index contributed by atoms with van der Waals surface area (Å²) in [4.78, 5) is 4.61. The van der Waals surface area contributed by atoms with Crippen molar-refractivity contribution in [3.05, 3.63) is 90.0 Å². The van der Waals surface area contributed by atoms with Gasteiger partial charge in [-0.1, -0.05) is 29.8 Å². The highest BCUT2D eigenvalue weighted by Gasteiger charge is 2.01. The minimum absolute atomic E-state index is 0.690. The fourth-order valence-electron chi connectivity index (χ4n) is 2.53. The molecule has 0 amide bonds. The van der Waals surface area contributed by atoms with E-state index in [1.165, 1.54) is 0 Å². The first-order chi connectivity index (χ1) is 12.3. The van der Waals surface area contributed by atoms with Crippen molar-refractivity contribution >= 4 is 34.0 Å². The van der Waals surface area contributed by atoms with E-state index in [9.17, 15) is 0 Å². The molecule has 25 heavy (non-hydrogen) atoms. The summed E-state index contributed by atoms with van der Waals surface area (Å²) in [5.74, 6) is 2.32. The van der Waals surface area contributed by atoms with E-state index < -0.39 is 0 Å². The fraction of sp³-hybridized carbons (Fsp3) is 0. The van der Waals surface area contributed by atoms with Crippen molar-refractivity contribution in [3.63, 3.8) is 0 Å². The van der Waals surface area contributed by atoms with Crippen LogP contribution in [0.25, 0.3) is 10.9 Å². The van der Waals surface area contributed by atoms with Gasteiger partial charge in [-0.05, 0) is 66.7 Å². The molecule has 3 nitrogen and oxygen atoms in total. The van der Waals surface area contributed by atoms with Gasteiger partial charge in [-0.15, -0.1) is 0 Å². The van der Waals surface area contributed by atoms with Gasteiger partial charge in [0.1, 0.15) is 17.3 Å². The molecular formula is C21H15ClN2O. The Labute approximate surface area is 150 Å². The molecule has 0 bridgehead atoms. The zero-order valence-electron chi connectivity index (χ0n) is 13.3. The lowest BCUT2D eigenvalue weighted by atomic mass is 10.2. The Kier molecular flexibility index (Phi) is 4.23. The molecule has 0 aliphatic rings. The van der Waals surface area contributed by atoms with Crippen LogP contribution < -0.4 is 10.1 Å². The number of fused-ring (bicyclic) bond motifs is 1. The number of hydrogen-bond acceptors (Lipinski definition) is 3. The molecule has 1 aromatic heterocycles. The van der Waals surface area contributed by atoms with Gasteiger partial charge in [0.25, 0.3) is 0 Å². The van der Waals surface area contributed by atoms with Crippen molar-refractivity contribution in [2.24, 2.45) is 0 Å². The maximum atomic E-state index is 5.88. The van der Waals surface area contributed by atoms with Crippen molar-refractivity contribution in [3.8, 4) is 11.5 Å². The Bertz CT molecular complexity index is 998. The number of nitrogens with zero attached hydrogens (tertiary/aromatic N) is 1. The number of hydrogen-bond donors (Lipinski definition) is 1. The van der Waals surface area contributed by atoms with E-state index in [1.54, 1.807) is 12.1 Å². The number of aromatic nitrogens is 1. The smallest absolute Gasteiger partial charge is 0.131 e. The first kappa shape index (κ1) is 15.5. The summed E-state index contributed by atoms with van der Waals surface area (Å²) in [6, 6.07) is 27.1. The van der Waals surface area contributed by atoms with E-state index in [1.807, 2.05) is 60.7 Å². The largest absolute Gasteiger partial charge is 0.457 e. The quantitative estimate of drug-likeness (QED) is 0.462. The molecule has 122 valence electrons. The molecule has 0 unspecified atom stereocenters. The third-order valence-electron chi connectivity index (χ3n) is 3.77. The van der Waals surface area contributed by atoms with Crippen LogP contribution in [0.1, 0.15) is 0 Å². The zero-order valence-corrected chi connectivity index (χ0v) is 14.1. The van der Waals surface area contributed by atoms with Gasteiger partial charge in [0, 0.05) is 16.1 Å². The van der Waals surface area contributed by atoms with Gasteiger partial charge >= 0.3 is 0 Å². The highest BCUT2D eigenvalue weighted by atomic mass is 35.5. The Morgan fingerprint density at radius 2 is 1.40 bits per heavy atom. The standard InChI is InChI=1S/C21H15ClN2O/c22-16-6-10-18(11-7-16)25-19-12-8-17(9-13-19)23-21-14-5-15-3-1-2-4-20(15)24-21/h1-14H,(H,23,24). The fourth-order valence-corrected chi connectivity index (χ4v) is 2.65. The van der Waals surface area contributed by atoms with E-state index >= 15 is 0 Å². The van der Waals surface area contributed by atoms with Gasteiger partial charge in [0.15, 0.2) is 0 Å². The van der Waals surface area contributed by atoms with Gasteiger partial charge in [-0.2, -0.15) is 0 Å². The number of para-hydroxylation sites is 1. The van der Waals surface area contributed by atoms with Crippen molar-refractivity contribution in [2.75, 3.05) is 5.32 Å². The van der Waals surface area contributed by atoms with E-state index in [0.717, 1.165) is 33.9 Å². The molecular weight excluding hydrogens is 332 g/mol. The second kappa shape index (κ2) is 6.83. The number of halogens is 1. The third kappa shape index (κ3) is 3.73. The number of pyridine rings is 1. The molecule has 0 aliphatic heterocycles. The van der Waals surface area contributed by atoms with Gasteiger partial charge in [-0.3, -0.25) is 0 Å². The van der Waals surface area contributed by atoms with Crippen LogP contribution in [0, 0.1) is 0 Å². The van der Waals surface area contributed by atoms with Gasteiger partial charge in [0.2, 0.25) is 0 Å². The Balaban J connectivity index is 1.48. The predicted molar refractivity (Wildman–Crippen MR) is 103 cm³/mol. The Hall–Kier alpha value is -3.04. The molecule has 0 saturated carbocycles. The Morgan fingerprint density at radius 3 is 2.16 bits per heavy atom. The normalized spacial score (nSPS) is 10.6. The Morgan fingerprint density at radius 1 is 0.720 bits per heavy atom. The highest BCUT2D eigenvalue weighted by molar-refractivity contribution is 6.30. The minimum Gasteiger partial charge on any atom is -0.457 e. The highest BCUT2D eigenvalue weighted by Crippen LogP contribution is 2.25. The third-order valence-corrected chi connectivity index (χ3v) is 4.03. The first-order valence-electron chi connectivity index (χ1n) is 7.93. The second-order valence-corrected chi connectivity index (χ2v) is 6.03. The van der Waals surface area contributed by atoms with E-state index in [0.29, 0.717) is 5.02 Å². The van der Waals surface area contributed by atoms with Crippen molar-refractivity contribution in [1.29, 1.82) is 0 Å². The molecule has 4 aromatic rings. The number of nitrogens with one attached hydrogen (secondary N) is 1. The average Bonchev–Trinajstić information content (AvgIpc) is 2.65. The molecule has 3 aromatic carbocycles. The van der Waals surface area contributed by atoms with Crippen LogP contribution in [0.15, 0.2) is 84.9 Å². The van der Waals surface area contributed by atoms with Crippen LogP contribution >= 0.6 is 11.6 Å². The molecule has 0 aliphatic carbocycles. The number of rotatable bonds is 4. The van der Waals surface area contributed by atoms with Gasteiger partial charge in [0.05, 0.1) is 5.52 Å². The molecule has 1 heterocycles. The number of ether oxygens (including phenoxy) is 1. The lowest BCUT2D eigenvalue weighted by Gasteiger charge is -2.09. The van der Waals surface area contributed by atoms with Crippen LogP contribution in [0.2, 0.25) is 5.02 Å². The molecule has 0 spiro atoms. The summed E-state index contributed by atoms with van der Waals surface area (Å²) >= 11 is 5.88. The lowest BCUT2D eigenvalue weighted by Crippen LogP contribution is -1.93. The number of benzene rings is 3. The summed E-state index contributed by atoms with van der Waals surface area (Å²) < 4.78 is 5.79. The molecule has 1 N–H and O–H groups in total. The van der Waals surface area contributed by atoms with E-state index in [-0.39, 0.29) is 0 Å². The molecule has 0 saturated heterocycles. The monoisotopic (exact) mass is 346 g/mol. The van der Waals surface area contributed by atoms with Crippen LogP contribution in [0.4, 0.5) is 11.5 Å². The van der Waals surface area contributed by atoms with Crippen LogP contribution in [-0.4, -0.2) is 4.98 Å². The molecule has 0 fully saturated rings. The maximum absolute atomic E-state index is 5.88. The summed E-state index contributed by atoms with van der Waals surface area (Å²) in [5, 5.41) is 5.12. The van der Waals surface area contributed by atoms with Crippen molar-refractivity contribution in [1.82, 2.24) is 4.98 Å². The van der Waals surface area contributed by atoms with Crippen molar-refractivity contribution < 1.29 is 4.74 Å². The summed E-state index contributed by atoms with van der Waals surface area (Å²) in [5.41, 5.74) is 1.92. The average molecular weight is 347 g/mol. The molecule has 0 radical (unpaired) electrons. The molecule has 4 rings (SSSR count). The first-order valence-corrected chi connectivity index (χ1v) is 8.30. The van der Waals surface area contributed by atoms with E-state index in [4.69, 9.17) is 16.3 Å². The summed E-state index contributed by atoms with van der Waals surface area (Å²) in [6.07, 6.45) is 0. The van der Waals surface area contributed by atoms with E-state index in [2.05, 4.69) is 22.4 Å².